The fraction of sp³-hybridized carbons (Fsp3) is 0.571. The average Bonchev–Trinajstić information content (AvgIpc) is 2.97. The molecule has 2 aromatic rings. The van der Waals surface area contributed by atoms with E-state index in [9.17, 15) is 0 Å². The molecule has 0 bridgehead atoms. The van der Waals surface area contributed by atoms with Gasteiger partial charge >= 0.3 is 0 Å². The van der Waals surface area contributed by atoms with Crippen LogP contribution in [0.1, 0.15) is 26.7 Å². The van der Waals surface area contributed by atoms with E-state index in [-0.39, 0.29) is 4.75 Å². The van der Waals surface area contributed by atoms with Gasteiger partial charge in [-0.05, 0) is 19.1 Å². The molecule has 0 unspecified atom stereocenters. The molecule has 0 aromatic carbocycles. The van der Waals surface area contributed by atoms with E-state index in [4.69, 9.17) is 0 Å². The van der Waals surface area contributed by atoms with Gasteiger partial charge in [0, 0.05) is 30.7 Å². The van der Waals surface area contributed by atoms with E-state index < -0.39 is 0 Å². The van der Waals surface area contributed by atoms with Crippen molar-refractivity contribution in [3.05, 3.63) is 18.6 Å². The van der Waals surface area contributed by atoms with Gasteiger partial charge in [0.1, 0.15) is 5.82 Å². The summed E-state index contributed by atoms with van der Waals surface area (Å²) in [6, 6.07) is 0. The number of anilines is 2. The van der Waals surface area contributed by atoms with Gasteiger partial charge in [0.25, 0.3) is 0 Å². The van der Waals surface area contributed by atoms with Crippen molar-refractivity contribution >= 4 is 29.0 Å². The van der Waals surface area contributed by atoms with E-state index in [0.29, 0.717) is 0 Å². The van der Waals surface area contributed by atoms with Crippen LogP contribution in [0.4, 0.5) is 11.6 Å². The van der Waals surface area contributed by atoms with Gasteiger partial charge in [-0.15, -0.1) is 0 Å². The molecule has 2 aromatic heterocycles. The fourth-order valence-corrected chi connectivity index (χ4v) is 3.07. The maximum atomic E-state index is 4.58. The molecular weight excluding hydrogens is 270 g/mol. The molecule has 0 fully saturated rings. The molecule has 0 saturated carbocycles. The first kappa shape index (κ1) is 15.0. The summed E-state index contributed by atoms with van der Waals surface area (Å²) >= 11 is 1.92. The zero-order valence-electron chi connectivity index (χ0n) is 12.6. The summed E-state index contributed by atoms with van der Waals surface area (Å²) in [6.45, 7) is 5.37. The summed E-state index contributed by atoms with van der Waals surface area (Å²) in [7, 11) is 1.87. The lowest BCUT2D eigenvalue weighted by Crippen LogP contribution is -2.32. The van der Waals surface area contributed by atoms with E-state index in [2.05, 4.69) is 40.7 Å². The number of imidazole rings is 1. The van der Waals surface area contributed by atoms with E-state index in [1.54, 1.807) is 6.20 Å². The van der Waals surface area contributed by atoms with Crippen LogP contribution in [0.25, 0.3) is 5.65 Å². The molecule has 2 rings (SSSR count). The average molecular weight is 293 g/mol. The van der Waals surface area contributed by atoms with Gasteiger partial charge in [-0.25, -0.2) is 9.97 Å². The van der Waals surface area contributed by atoms with Crippen molar-refractivity contribution in [3.8, 4) is 0 Å². The number of fused-ring (bicyclic) bond motifs is 1. The summed E-state index contributed by atoms with van der Waals surface area (Å²) in [6.07, 6.45) is 10.1. The lowest BCUT2D eigenvalue weighted by atomic mass is 10.0. The van der Waals surface area contributed by atoms with Crippen molar-refractivity contribution in [1.29, 1.82) is 0 Å². The lowest BCUT2D eigenvalue weighted by Gasteiger charge is -2.30. The highest BCUT2D eigenvalue weighted by atomic mass is 32.2. The first-order valence-corrected chi connectivity index (χ1v) is 8.21. The molecule has 5 nitrogen and oxygen atoms in total. The Balaban J connectivity index is 2.26. The monoisotopic (exact) mass is 293 g/mol. The number of aromatic nitrogens is 3. The fourth-order valence-electron chi connectivity index (χ4n) is 2.28. The van der Waals surface area contributed by atoms with Gasteiger partial charge in [-0.3, -0.25) is 0 Å². The first-order valence-electron chi connectivity index (χ1n) is 6.98. The third-order valence-electron chi connectivity index (χ3n) is 3.93. The van der Waals surface area contributed by atoms with E-state index in [1.807, 2.05) is 35.6 Å². The highest BCUT2D eigenvalue weighted by molar-refractivity contribution is 8.00. The van der Waals surface area contributed by atoms with Crippen LogP contribution >= 0.6 is 11.8 Å². The van der Waals surface area contributed by atoms with Gasteiger partial charge in [-0.2, -0.15) is 11.8 Å². The van der Waals surface area contributed by atoms with Crippen LogP contribution in [0.5, 0.6) is 0 Å². The molecular formula is C14H23N5S. The number of hydrogen-bond donors (Lipinski definition) is 2. The van der Waals surface area contributed by atoms with Crippen LogP contribution < -0.4 is 10.6 Å². The number of nitrogens with zero attached hydrogens (tertiary/aromatic N) is 3. The van der Waals surface area contributed by atoms with Crippen molar-refractivity contribution in [2.45, 2.75) is 31.4 Å². The Morgan fingerprint density at radius 1 is 1.35 bits per heavy atom. The van der Waals surface area contributed by atoms with E-state index >= 15 is 0 Å². The largest absolute Gasteiger partial charge is 0.372 e. The maximum Gasteiger partial charge on any atom is 0.180 e. The number of hydrogen-bond acceptors (Lipinski definition) is 5. The summed E-state index contributed by atoms with van der Waals surface area (Å²) in [5.41, 5.74) is 0.867. The molecule has 0 saturated heterocycles. The van der Waals surface area contributed by atoms with Crippen molar-refractivity contribution < 1.29 is 0 Å². The molecule has 0 radical (unpaired) electrons. The quantitative estimate of drug-likeness (QED) is 0.821. The van der Waals surface area contributed by atoms with Gasteiger partial charge in [-0.1, -0.05) is 13.8 Å². The second-order valence-electron chi connectivity index (χ2n) is 4.83. The van der Waals surface area contributed by atoms with Crippen LogP contribution in [0, 0.1) is 0 Å². The summed E-state index contributed by atoms with van der Waals surface area (Å²) in [5, 5.41) is 6.57. The normalized spacial score (nSPS) is 11.8. The predicted molar refractivity (Wildman–Crippen MR) is 87.9 cm³/mol. The molecule has 0 aliphatic rings. The molecule has 0 spiro atoms. The molecule has 0 aliphatic carbocycles. The van der Waals surface area contributed by atoms with Crippen LogP contribution in [0.15, 0.2) is 18.6 Å². The smallest absolute Gasteiger partial charge is 0.180 e. The second-order valence-corrected chi connectivity index (χ2v) is 6.10. The van der Waals surface area contributed by atoms with E-state index in [1.165, 1.54) is 0 Å². The number of rotatable bonds is 7. The molecule has 0 atom stereocenters. The highest BCUT2D eigenvalue weighted by Gasteiger charge is 2.25. The number of nitrogens with one attached hydrogen (secondary N) is 2. The SMILES string of the molecule is CCC(CC)(CNc1nc(NC)cn2ccnc12)SC. The standard InChI is InChI=1S/C14H23N5S/c1-5-14(6-2,20-4)10-17-12-13-16-7-8-19(13)9-11(15-3)18-12/h7-9,15H,5-6,10H2,1-4H3,(H,17,18). The predicted octanol–water partition coefficient (Wildman–Crippen LogP) is 3.10. The Kier molecular flexibility index (Phi) is 4.75. The third kappa shape index (κ3) is 2.85. The molecule has 2 heterocycles. The molecule has 2 N–H and O–H groups in total. The van der Waals surface area contributed by atoms with Gasteiger partial charge in [0.05, 0.1) is 6.20 Å². The summed E-state index contributed by atoms with van der Waals surface area (Å²) < 4.78 is 2.24. The Morgan fingerprint density at radius 2 is 2.10 bits per heavy atom. The molecule has 6 heteroatoms. The minimum absolute atomic E-state index is 0.251. The van der Waals surface area contributed by atoms with Crippen molar-refractivity contribution in [2.75, 3.05) is 30.5 Å². The second kappa shape index (κ2) is 6.35. The Morgan fingerprint density at radius 3 is 2.70 bits per heavy atom. The van der Waals surface area contributed by atoms with Crippen molar-refractivity contribution in [1.82, 2.24) is 14.4 Å². The summed E-state index contributed by atoms with van der Waals surface area (Å²) in [5.74, 6) is 1.67. The van der Waals surface area contributed by atoms with E-state index in [0.717, 1.165) is 36.7 Å². The van der Waals surface area contributed by atoms with Crippen molar-refractivity contribution in [2.24, 2.45) is 0 Å². The highest BCUT2D eigenvalue weighted by Crippen LogP contribution is 2.31. The minimum atomic E-state index is 0.251. The molecule has 0 amide bonds. The lowest BCUT2D eigenvalue weighted by molar-refractivity contribution is 0.574. The zero-order chi connectivity index (χ0) is 14.6. The Hall–Kier alpha value is -1.43. The van der Waals surface area contributed by atoms with Crippen LogP contribution in [-0.2, 0) is 0 Å². The minimum Gasteiger partial charge on any atom is -0.372 e. The molecule has 20 heavy (non-hydrogen) atoms. The van der Waals surface area contributed by atoms with Crippen molar-refractivity contribution in [3.63, 3.8) is 0 Å². The third-order valence-corrected chi connectivity index (χ3v) is 5.52. The van der Waals surface area contributed by atoms with Crippen LogP contribution in [0.2, 0.25) is 0 Å². The van der Waals surface area contributed by atoms with Crippen LogP contribution in [-0.4, -0.2) is 39.0 Å². The topological polar surface area (TPSA) is 54.2 Å². The Labute approximate surface area is 124 Å². The molecule has 110 valence electrons. The van der Waals surface area contributed by atoms with Crippen LogP contribution in [0.3, 0.4) is 0 Å². The first-order chi connectivity index (χ1) is 9.68. The summed E-state index contributed by atoms with van der Waals surface area (Å²) in [4.78, 5) is 8.96. The number of thioether (sulfide) groups is 1. The van der Waals surface area contributed by atoms with Gasteiger partial charge in [0.15, 0.2) is 11.5 Å². The van der Waals surface area contributed by atoms with Gasteiger partial charge < -0.3 is 15.0 Å². The maximum absolute atomic E-state index is 4.58. The van der Waals surface area contributed by atoms with Gasteiger partial charge in [0.2, 0.25) is 0 Å². The molecule has 0 aliphatic heterocycles. The Bertz CT molecular complexity index is 553. The zero-order valence-corrected chi connectivity index (χ0v) is 13.4.